The zero-order valence-electron chi connectivity index (χ0n) is 7.55. The number of hydrogen-bond acceptors (Lipinski definition) is 2. The second-order valence-electron chi connectivity index (χ2n) is 2.75. The molecule has 0 aromatic heterocycles. The molecule has 1 nitrogen and oxygen atoms in total. The fourth-order valence-electron chi connectivity index (χ4n) is 1.36. The van der Waals surface area contributed by atoms with Gasteiger partial charge in [-0.2, -0.15) is 0 Å². The fraction of sp³-hybridized carbons (Fsp3) is 0.400. The summed E-state index contributed by atoms with van der Waals surface area (Å²) in [7, 11) is 0. The monoisotopic (exact) mass is 181 g/mol. The molecule has 0 aromatic rings. The minimum absolute atomic E-state index is 1.01. The van der Waals surface area contributed by atoms with Crippen LogP contribution in [0.15, 0.2) is 36.5 Å². The van der Waals surface area contributed by atoms with E-state index in [1.807, 2.05) is 12.2 Å². The molecule has 0 spiro atoms. The number of rotatable bonds is 3. The highest BCUT2D eigenvalue weighted by molar-refractivity contribution is 7.96. The molecule has 0 fully saturated rings. The van der Waals surface area contributed by atoms with Gasteiger partial charge in [0.2, 0.25) is 0 Å². The third-order valence-electron chi connectivity index (χ3n) is 2.14. The molecule has 66 valence electrons. The molecule has 0 aromatic carbocycles. The molecule has 1 aliphatic heterocycles. The van der Waals surface area contributed by atoms with Crippen LogP contribution in [-0.2, 0) is 0 Å². The summed E-state index contributed by atoms with van der Waals surface area (Å²) in [5.74, 6) is 0. The van der Waals surface area contributed by atoms with E-state index in [0.29, 0.717) is 0 Å². The van der Waals surface area contributed by atoms with E-state index in [1.165, 1.54) is 11.1 Å². The second-order valence-corrected chi connectivity index (χ2v) is 3.64. The van der Waals surface area contributed by atoms with E-state index in [9.17, 15) is 0 Å². The van der Waals surface area contributed by atoms with Crippen molar-refractivity contribution >= 4 is 11.9 Å². The first-order valence-electron chi connectivity index (χ1n) is 4.07. The molecule has 1 heterocycles. The topological polar surface area (TPSA) is 3.24 Å². The Bertz CT molecular complexity index is 218. The van der Waals surface area contributed by atoms with Crippen molar-refractivity contribution in [2.45, 2.75) is 6.42 Å². The van der Waals surface area contributed by atoms with Crippen LogP contribution in [0.4, 0.5) is 0 Å². The van der Waals surface area contributed by atoms with Gasteiger partial charge in [-0.3, -0.25) is 0 Å². The van der Waals surface area contributed by atoms with Gasteiger partial charge in [-0.15, -0.1) is 0 Å². The van der Waals surface area contributed by atoms with Crippen LogP contribution in [0.1, 0.15) is 6.42 Å². The Morgan fingerprint density at radius 2 is 2.00 bits per heavy atom. The maximum Gasteiger partial charge on any atom is 0.0343 e. The predicted octanol–water partition coefficient (Wildman–Crippen LogP) is 2.64. The van der Waals surface area contributed by atoms with E-state index < -0.39 is 0 Å². The van der Waals surface area contributed by atoms with E-state index in [1.54, 1.807) is 11.9 Å². The molecule has 0 N–H and O–H groups in total. The lowest BCUT2D eigenvalue weighted by Gasteiger charge is -2.26. The van der Waals surface area contributed by atoms with Gasteiger partial charge in [0.25, 0.3) is 0 Å². The minimum Gasteiger partial charge on any atom is -0.246 e. The predicted molar refractivity (Wildman–Crippen MR) is 57.1 cm³/mol. The van der Waals surface area contributed by atoms with Gasteiger partial charge in [-0.25, -0.2) is 4.31 Å². The van der Waals surface area contributed by atoms with Gasteiger partial charge in [0, 0.05) is 13.1 Å². The molecule has 2 heteroatoms. The summed E-state index contributed by atoms with van der Waals surface area (Å²) < 4.78 is 2.34. The van der Waals surface area contributed by atoms with E-state index in [-0.39, 0.29) is 0 Å². The summed E-state index contributed by atoms with van der Waals surface area (Å²) in [4.78, 5) is 0. The Hall–Kier alpha value is -0.470. The van der Waals surface area contributed by atoms with Crippen LogP contribution in [0, 0.1) is 0 Å². The fourth-order valence-corrected chi connectivity index (χ4v) is 1.90. The Morgan fingerprint density at radius 1 is 1.33 bits per heavy atom. The quantitative estimate of drug-likeness (QED) is 0.616. The van der Waals surface area contributed by atoms with Crippen molar-refractivity contribution in [3.8, 4) is 0 Å². The molecular weight excluding hydrogens is 166 g/mol. The van der Waals surface area contributed by atoms with Crippen LogP contribution in [0.3, 0.4) is 0 Å². The van der Waals surface area contributed by atoms with Gasteiger partial charge < -0.3 is 0 Å². The molecule has 1 rings (SSSR count). The number of hydrogen-bond donors (Lipinski definition) is 0. The average molecular weight is 181 g/mol. The first-order valence-corrected chi connectivity index (χ1v) is 5.26. The summed E-state index contributed by atoms with van der Waals surface area (Å²) in [6.45, 7) is 9.74. The lowest BCUT2D eigenvalue weighted by atomic mass is 10.0. The summed E-state index contributed by atoms with van der Waals surface area (Å²) in [6.07, 6.45) is 7.11. The summed E-state index contributed by atoms with van der Waals surface area (Å²) in [5, 5.41) is 0. The van der Waals surface area contributed by atoms with Crippen molar-refractivity contribution in [2.24, 2.45) is 0 Å². The van der Waals surface area contributed by atoms with Crippen LogP contribution >= 0.6 is 11.9 Å². The molecule has 0 amide bonds. The first-order chi connectivity index (χ1) is 5.81. The van der Waals surface area contributed by atoms with Crippen LogP contribution < -0.4 is 0 Å². The normalized spacial score (nSPS) is 19.4. The molecule has 0 unspecified atom stereocenters. The maximum absolute atomic E-state index is 3.81. The molecule has 0 radical (unpaired) electrons. The third-order valence-corrected chi connectivity index (χ3v) is 2.97. The van der Waals surface area contributed by atoms with Crippen molar-refractivity contribution in [3.05, 3.63) is 36.5 Å². The molecule has 0 saturated carbocycles. The molecule has 0 bridgehead atoms. The van der Waals surface area contributed by atoms with Crippen molar-refractivity contribution in [1.82, 2.24) is 4.31 Å². The van der Waals surface area contributed by atoms with Crippen molar-refractivity contribution in [3.63, 3.8) is 0 Å². The van der Waals surface area contributed by atoms with E-state index in [4.69, 9.17) is 0 Å². The van der Waals surface area contributed by atoms with Gasteiger partial charge in [0.05, 0.1) is 0 Å². The second kappa shape index (κ2) is 4.53. The smallest absolute Gasteiger partial charge is 0.0343 e. The SMILES string of the molecule is C=CC1=C(C=C)CN(SC)CC1. The lowest BCUT2D eigenvalue weighted by molar-refractivity contribution is 0.493. The molecule has 1 aliphatic rings. The van der Waals surface area contributed by atoms with Crippen LogP contribution in [-0.4, -0.2) is 23.7 Å². The third kappa shape index (κ3) is 2.02. The van der Waals surface area contributed by atoms with Gasteiger partial charge in [0.1, 0.15) is 0 Å². The van der Waals surface area contributed by atoms with Crippen molar-refractivity contribution < 1.29 is 0 Å². The van der Waals surface area contributed by atoms with Crippen molar-refractivity contribution in [2.75, 3.05) is 19.3 Å². The highest BCUT2D eigenvalue weighted by atomic mass is 32.2. The largest absolute Gasteiger partial charge is 0.246 e. The van der Waals surface area contributed by atoms with E-state index in [2.05, 4.69) is 23.7 Å². The summed E-state index contributed by atoms with van der Waals surface area (Å²) in [6, 6.07) is 0. The van der Waals surface area contributed by atoms with Gasteiger partial charge >= 0.3 is 0 Å². The lowest BCUT2D eigenvalue weighted by Crippen LogP contribution is -2.24. The summed E-state index contributed by atoms with van der Waals surface area (Å²) >= 11 is 1.79. The van der Waals surface area contributed by atoms with E-state index >= 15 is 0 Å². The summed E-state index contributed by atoms with van der Waals surface area (Å²) in [5.41, 5.74) is 2.68. The number of allylic oxidation sites excluding steroid dienone is 1. The Labute approximate surface area is 79.0 Å². The zero-order valence-corrected chi connectivity index (χ0v) is 8.36. The van der Waals surface area contributed by atoms with E-state index in [0.717, 1.165) is 19.5 Å². The Balaban J connectivity index is 2.76. The molecule has 0 atom stereocenters. The van der Waals surface area contributed by atoms with Crippen LogP contribution in [0.2, 0.25) is 0 Å². The molecule has 0 saturated heterocycles. The molecule has 0 aliphatic carbocycles. The Morgan fingerprint density at radius 3 is 2.50 bits per heavy atom. The van der Waals surface area contributed by atoms with Crippen LogP contribution in [0.25, 0.3) is 0 Å². The highest BCUT2D eigenvalue weighted by Gasteiger charge is 2.13. The minimum atomic E-state index is 1.01. The standard InChI is InChI=1S/C10H15NS/c1-4-9-6-7-11(12-3)8-10(9)5-2/h4-5H,1-2,6-8H2,3H3. The van der Waals surface area contributed by atoms with Crippen molar-refractivity contribution in [1.29, 1.82) is 0 Å². The average Bonchev–Trinajstić information content (AvgIpc) is 2.16. The Kier molecular flexibility index (Phi) is 3.63. The first kappa shape index (κ1) is 9.62. The zero-order chi connectivity index (χ0) is 8.97. The molecular formula is C10H15NS. The van der Waals surface area contributed by atoms with Crippen LogP contribution in [0.5, 0.6) is 0 Å². The maximum atomic E-state index is 3.81. The van der Waals surface area contributed by atoms with Gasteiger partial charge in [0.15, 0.2) is 0 Å². The van der Waals surface area contributed by atoms with Gasteiger partial charge in [-0.05, 0) is 23.8 Å². The number of nitrogens with zero attached hydrogens (tertiary/aromatic N) is 1. The molecule has 12 heavy (non-hydrogen) atoms. The van der Waals surface area contributed by atoms with Gasteiger partial charge in [-0.1, -0.05) is 37.3 Å². The highest BCUT2D eigenvalue weighted by Crippen LogP contribution is 2.22.